The van der Waals surface area contributed by atoms with Crippen molar-refractivity contribution >= 4 is 23.1 Å². The number of likely N-dealkylation sites (N-methyl/N-ethyl adjacent to an activating group) is 2. The van der Waals surface area contributed by atoms with E-state index in [4.69, 9.17) is 18.0 Å². The van der Waals surface area contributed by atoms with Crippen molar-refractivity contribution in [2.45, 2.75) is 20.3 Å². The first-order valence-electron chi connectivity index (χ1n) is 4.98. The Labute approximate surface area is 97.2 Å². The molecule has 0 rings (SSSR count). The molecule has 0 radical (unpaired) electrons. The van der Waals surface area contributed by atoms with Crippen LogP contribution in [0.15, 0.2) is 0 Å². The van der Waals surface area contributed by atoms with Gasteiger partial charge >= 0.3 is 0 Å². The third kappa shape index (κ3) is 5.69. The minimum Gasteiger partial charge on any atom is -0.393 e. The Bertz CT molecular complexity index is 241. The largest absolute Gasteiger partial charge is 0.393 e. The van der Waals surface area contributed by atoms with Gasteiger partial charge in [0.2, 0.25) is 5.91 Å². The lowest BCUT2D eigenvalue weighted by Gasteiger charge is -2.26. The van der Waals surface area contributed by atoms with Gasteiger partial charge < -0.3 is 11.1 Å². The molecule has 0 aromatic heterocycles. The molecule has 0 heterocycles. The van der Waals surface area contributed by atoms with Gasteiger partial charge in [0.25, 0.3) is 0 Å². The maximum atomic E-state index is 11.1. The fourth-order valence-electron chi connectivity index (χ4n) is 0.997. The quantitative estimate of drug-likeness (QED) is 0.648. The molecule has 0 aromatic rings. The summed E-state index contributed by atoms with van der Waals surface area (Å²) >= 11 is 4.97. The van der Waals surface area contributed by atoms with E-state index in [1.54, 1.807) is 7.05 Å². The molecule has 0 aliphatic carbocycles. The molecule has 0 aliphatic rings. The van der Waals surface area contributed by atoms with Crippen molar-refractivity contribution in [2.75, 3.05) is 27.2 Å². The Kier molecular flexibility index (Phi) is 5.75. The first-order valence-corrected chi connectivity index (χ1v) is 5.39. The summed E-state index contributed by atoms with van der Waals surface area (Å²) in [5.41, 5.74) is 5.47. The van der Waals surface area contributed by atoms with Crippen LogP contribution in [0.1, 0.15) is 20.3 Å². The summed E-state index contributed by atoms with van der Waals surface area (Å²) in [5.74, 6) is 0.0191. The number of carbonyl (C=O) groups is 1. The van der Waals surface area contributed by atoms with Gasteiger partial charge in [-0.1, -0.05) is 26.1 Å². The molecule has 0 bridgehead atoms. The van der Waals surface area contributed by atoms with Crippen molar-refractivity contribution in [3.8, 4) is 0 Å². The van der Waals surface area contributed by atoms with Crippen LogP contribution in [0.4, 0.5) is 0 Å². The Morgan fingerprint density at radius 3 is 2.47 bits per heavy atom. The van der Waals surface area contributed by atoms with E-state index in [2.05, 4.69) is 5.32 Å². The highest BCUT2D eigenvalue weighted by atomic mass is 32.1. The average molecular weight is 231 g/mol. The van der Waals surface area contributed by atoms with E-state index in [1.165, 1.54) is 0 Å². The number of nitrogens with zero attached hydrogens (tertiary/aromatic N) is 1. The fraction of sp³-hybridized carbons (Fsp3) is 0.800. The molecule has 1 amide bonds. The molecule has 0 saturated carbocycles. The summed E-state index contributed by atoms with van der Waals surface area (Å²) in [6, 6.07) is 0. The highest BCUT2D eigenvalue weighted by Crippen LogP contribution is 2.20. The van der Waals surface area contributed by atoms with E-state index in [9.17, 15) is 4.79 Å². The normalized spacial score (nSPS) is 11.5. The molecule has 0 unspecified atom stereocenters. The van der Waals surface area contributed by atoms with Crippen molar-refractivity contribution in [3.05, 3.63) is 0 Å². The van der Waals surface area contributed by atoms with E-state index in [0.717, 1.165) is 13.0 Å². The van der Waals surface area contributed by atoms with Gasteiger partial charge in [0.15, 0.2) is 0 Å². The minimum absolute atomic E-state index is 0.0191. The zero-order chi connectivity index (χ0) is 12.1. The van der Waals surface area contributed by atoms with E-state index in [1.807, 2.05) is 25.8 Å². The van der Waals surface area contributed by atoms with Crippen LogP contribution in [0, 0.1) is 5.41 Å². The summed E-state index contributed by atoms with van der Waals surface area (Å²) in [6.07, 6.45) is 0.857. The third-order valence-electron chi connectivity index (χ3n) is 2.48. The number of nitrogens with one attached hydrogen (secondary N) is 1. The van der Waals surface area contributed by atoms with Gasteiger partial charge in [-0.15, -0.1) is 0 Å². The summed E-state index contributed by atoms with van der Waals surface area (Å²) in [6.45, 7) is 5.24. The summed E-state index contributed by atoms with van der Waals surface area (Å²) in [4.78, 5) is 13.6. The number of hydrogen-bond donors (Lipinski definition) is 2. The van der Waals surface area contributed by atoms with Crippen molar-refractivity contribution in [1.29, 1.82) is 0 Å². The number of nitrogens with two attached hydrogens (primary N) is 1. The Hall–Kier alpha value is -0.680. The van der Waals surface area contributed by atoms with E-state index < -0.39 is 0 Å². The molecular weight excluding hydrogens is 210 g/mol. The molecule has 0 atom stereocenters. The molecule has 88 valence electrons. The first kappa shape index (κ1) is 14.3. The fourth-order valence-corrected chi connectivity index (χ4v) is 1.10. The predicted molar refractivity (Wildman–Crippen MR) is 66.7 cm³/mol. The summed E-state index contributed by atoms with van der Waals surface area (Å²) in [7, 11) is 3.54. The second-order valence-corrected chi connectivity index (χ2v) is 4.85. The number of carbonyl (C=O) groups excluding carboxylic acids is 1. The summed E-state index contributed by atoms with van der Waals surface area (Å²) in [5, 5.41) is 2.58. The average Bonchev–Trinajstić information content (AvgIpc) is 2.14. The molecule has 15 heavy (non-hydrogen) atoms. The first-order chi connectivity index (χ1) is 6.79. The molecular formula is C10H21N3OS. The lowest BCUT2D eigenvalue weighted by Crippen LogP contribution is -2.37. The van der Waals surface area contributed by atoms with Gasteiger partial charge in [-0.2, -0.15) is 0 Å². The number of amides is 1. The van der Waals surface area contributed by atoms with Crippen molar-refractivity contribution in [3.63, 3.8) is 0 Å². The molecule has 3 N–H and O–H groups in total. The van der Waals surface area contributed by atoms with Crippen molar-refractivity contribution < 1.29 is 4.79 Å². The number of thiocarbonyl (C=S) groups is 1. The van der Waals surface area contributed by atoms with Crippen LogP contribution in [0.2, 0.25) is 0 Å². The van der Waals surface area contributed by atoms with Crippen LogP contribution in [0.25, 0.3) is 0 Å². The van der Waals surface area contributed by atoms with Crippen LogP contribution < -0.4 is 11.1 Å². The van der Waals surface area contributed by atoms with Crippen LogP contribution in [0.5, 0.6) is 0 Å². The van der Waals surface area contributed by atoms with Gasteiger partial charge in [0.05, 0.1) is 11.5 Å². The van der Waals surface area contributed by atoms with E-state index >= 15 is 0 Å². The van der Waals surface area contributed by atoms with Crippen molar-refractivity contribution in [2.24, 2.45) is 11.1 Å². The second-order valence-electron chi connectivity index (χ2n) is 4.41. The molecule has 4 nitrogen and oxygen atoms in total. The Balaban J connectivity index is 3.95. The molecule has 0 aromatic carbocycles. The van der Waals surface area contributed by atoms with Crippen LogP contribution in [-0.4, -0.2) is 43.0 Å². The van der Waals surface area contributed by atoms with Crippen LogP contribution in [-0.2, 0) is 4.79 Å². The maximum Gasteiger partial charge on any atom is 0.233 e. The smallest absolute Gasteiger partial charge is 0.233 e. The van der Waals surface area contributed by atoms with Gasteiger partial charge in [-0.3, -0.25) is 9.69 Å². The SMILES string of the molecule is CNC(=O)CN(C)CCC(C)(C)C(N)=S. The predicted octanol–water partition coefficient (Wildman–Crippen LogP) is 0.367. The standard InChI is InChI=1S/C10H21N3OS/c1-10(2,9(11)15)5-6-13(4)7-8(14)12-3/h5-7H2,1-4H3,(H2,11,15)(H,12,14). The van der Waals surface area contributed by atoms with E-state index in [-0.39, 0.29) is 11.3 Å². The molecule has 0 spiro atoms. The Morgan fingerprint density at radius 2 is 2.07 bits per heavy atom. The monoisotopic (exact) mass is 231 g/mol. The topological polar surface area (TPSA) is 58.4 Å². The minimum atomic E-state index is -0.147. The zero-order valence-corrected chi connectivity index (χ0v) is 10.8. The van der Waals surface area contributed by atoms with Gasteiger partial charge in [0, 0.05) is 12.5 Å². The molecule has 0 saturated heterocycles. The van der Waals surface area contributed by atoms with Crippen LogP contribution >= 0.6 is 12.2 Å². The highest BCUT2D eigenvalue weighted by Gasteiger charge is 2.21. The summed E-state index contributed by atoms with van der Waals surface area (Å²) < 4.78 is 0. The van der Waals surface area contributed by atoms with Gasteiger partial charge in [-0.05, 0) is 20.0 Å². The molecule has 0 fully saturated rings. The highest BCUT2D eigenvalue weighted by molar-refractivity contribution is 7.80. The van der Waals surface area contributed by atoms with E-state index in [0.29, 0.717) is 11.5 Å². The maximum absolute atomic E-state index is 11.1. The molecule has 5 heteroatoms. The van der Waals surface area contributed by atoms with Crippen molar-refractivity contribution in [1.82, 2.24) is 10.2 Å². The third-order valence-corrected chi connectivity index (χ3v) is 3.03. The second kappa shape index (κ2) is 6.02. The number of rotatable bonds is 6. The van der Waals surface area contributed by atoms with Gasteiger partial charge in [-0.25, -0.2) is 0 Å². The lowest BCUT2D eigenvalue weighted by molar-refractivity contribution is -0.121. The Morgan fingerprint density at radius 1 is 1.53 bits per heavy atom. The van der Waals surface area contributed by atoms with Gasteiger partial charge in [0.1, 0.15) is 0 Å². The van der Waals surface area contributed by atoms with Crippen LogP contribution in [0.3, 0.4) is 0 Å². The molecule has 0 aliphatic heterocycles. The number of hydrogen-bond acceptors (Lipinski definition) is 3. The zero-order valence-electron chi connectivity index (χ0n) is 9.96. The lowest BCUT2D eigenvalue weighted by atomic mass is 9.89.